The van der Waals surface area contributed by atoms with Crippen LogP contribution in [-0.4, -0.2) is 37.3 Å². The summed E-state index contributed by atoms with van der Waals surface area (Å²) in [5, 5.41) is 7.35. The lowest BCUT2D eigenvalue weighted by molar-refractivity contribution is 0.428. The zero-order chi connectivity index (χ0) is 13.3. The van der Waals surface area contributed by atoms with Crippen LogP contribution >= 0.6 is 12.4 Å². The first-order chi connectivity index (χ1) is 8.42. The van der Waals surface area contributed by atoms with Crippen LogP contribution < -0.4 is 10.0 Å². The van der Waals surface area contributed by atoms with Gasteiger partial charge in [-0.2, -0.15) is 5.10 Å². The number of rotatable bonds is 3. The minimum absolute atomic E-state index is 0. The maximum absolute atomic E-state index is 12.4. The van der Waals surface area contributed by atoms with E-state index in [0.717, 1.165) is 19.4 Å². The Hall–Kier alpha value is -0.630. The molecule has 2 N–H and O–H groups in total. The van der Waals surface area contributed by atoms with Crippen LogP contribution in [-0.2, 0) is 17.1 Å². The first-order valence-corrected chi connectivity index (χ1v) is 7.63. The van der Waals surface area contributed by atoms with E-state index in [2.05, 4.69) is 15.1 Å². The van der Waals surface area contributed by atoms with Crippen LogP contribution in [0.5, 0.6) is 0 Å². The van der Waals surface area contributed by atoms with Gasteiger partial charge < -0.3 is 5.32 Å². The molecular weight excluding hydrogens is 288 g/mol. The minimum atomic E-state index is -3.47. The third-order valence-corrected chi connectivity index (χ3v) is 5.10. The zero-order valence-corrected chi connectivity index (χ0v) is 13.1. The standard InChI is InChI=1S/C11H20N4O2S.ClH/c1-8-11(9(2)15(3)13-8)18(16,17)14-10-5-4-6-12-7-10;/h10,12,14H,4-7H2,1-3H3;1H/t10-;/m0./s1. The van der Waals surface area contributed by atoms with Crippen LogP contribution in [0.1, 0.15) is 24.2 Å². The van der Waals surface area contributed by atoms with E-state index in [0.29, 0.717) is 22.8 Å². The lowest BCUT2D eigenvalue weighted by Crippen LogP contribution is -2.45. The molecule has 1 fully saturated rings. The summed E-state index contributed by atoms with van der Waals surface area (Å²) in [6.07, 6.45) is 1.88. The van der Waals surface area contributed by atoms with Crippen molar-refractivity contribution in [2.24, 2.45) is 7.05 Å². The lowest BCUT2D eigenvalue weighted by Gasteiger charge is -2.23. The highest BCUT2D eigenvalue weighted by molar-refractivity contribution is 7.89. The molecule has 0 unspecified atom stereocenters. The number of hydrogen-bond donors (Lipinski definition) is 2. The van der Waals surface area contributed by atoms with Gasteiger partial charge in [-0.3, -0.25) is 4.68 Å². The van der Waals surface area contributed by atoms with Crippen LogP contribution in [0.3, 0.4) is 0 Å². The number of nitrogens with one attached hydrogen (secondary N) is 2. The van der Waals surface area contributed by atoms with Crippen molar-refractivity contribution >= 4 is 22.4 Å². The van der Waals surface area contributed by atoms with Crippen molar-refractivity contribution in [3.05, 3.63) is 11.4 Å². The highest BCUT2D eigenvalue weighted by atomic mass is 35.5. The van der Waals surface area contributed by atoms with Crippen LogP contribution in [0.2, 0.25) is 0 Å². The minimum Gasteiger partial charge on any atom is -0.315 e. The molecule has 1 aromatic rings. The number of hydrogen-bond acceptors (Lipinski definition) is 4. The van der Waals surface area contributed by atoms with Gasteiger partial charge in [-0.25, -0.2) is 13.1 Å². The van der Waals surface area contributed by atoms with Crippen LogP contribution in [0.25, 0.3) is 0 Å². The summed E-state index contributed by atoms with van der Waals surface area (Å²) < 4.78 is 29.1. The number of sulfonamides is 1. The molecule has 0 amide bonds. The van der Waals surface area contributed by atoms with Gasteiger partial charge in [0.1, 0.15) is 4.90 Å². The molecule has 2 rings (SSSR count). The zero-order valence-electron chi connectivity index (χ0n) is 11.4. The molecule has 0 bridgehead atoms. The normalized spacial score (nSPS) is 20.1. The summed E-state index contributed by atoms with van der Waals surface area (Å²) in [6, 6.07) is -0.0252. The fraction of sp³-hybridized carbons (Fsp3) is 0.727. The number of piperidine rings is 1. The largest absolute Gasteiger partial charge is 0.315 e. The average Bonchev–Trinajstić information content (AvgIpc) is 2.54. The Bertz CT molecular complexity index is 535. The highest BCUT2D eigenvalue weighted by Gasteiger charge is 2.27. The van der Waals surface area contributed by atoms with E-state index in [-0.39, 0.29) is 18.4 Å². The average molecular weight is 309 g/mol. The van der Waals surface area contributed by atoms with E-state index < -0.39 is 10.0 Å². The second-order valence-corrected chi connectivity index (χ2v) is 6.44. The van der Waals surface area contributed by atoms with Gasteiger partial charge in [-0.1, -0.05) is 0 Å². The molecule has 1 saturated heterocycles. The Morgan fingerprint density at radius 1 is 1.42 bits per heavy atom. The van der Waals surface area contributed by atoms with Gasteiger partial charge in [0.15, 0.2) is 0 Å². The van der Waals surface area contributed by atoms with Crippen molar-refractivity contribution in [1.29, 1.82) is 0 Å². The summed E-state index contributed by atoms with van der Waals surface area (Å²) in [7, 11) is -1.72. The molecule has 1 aromatic heterocycles. The Balaban J connectivity index is 0.00000180. The van der Waals surface area contributed by atoms with Gasteiger partial charge in [0.2, 0.25) is 10.0 Å². The molecule has 110 valence electrons. The summed E-state index contributed by atoms with van der Waals surface area (Å²) in [6.45, 7) is 5.15. The Morgan fingerprint density at radius 2 is 2.11 bits per heavy atom. The third kappa shape index (κ3) is 3.47. The van der Waals surface area contributed by atoms with Crippen molar-refractivity contribution in [2.75, 3.05) is 13.1 Å². The van der Waals surface area contributed by atoms with E-state index >= 15 is 0 Å². The summed E-state index contributed by atoms with van der Waals surface area (Å²) >= 11 is 0. The van der Waals surface area contributed by atoms with Gasteiger partial charge in [-0.15, -0.1) is 12.4 Å². The summed E-state index contributed by atoms with van der Waals surface area (Å²) in [5.41, 5.74) is 1.22. The highest BCUT2D eigenvalue weighted by Crippen LogP contribution is 2.19. The fourth-order valence-corrected chi connectivity index (χ4v) is 4.08. The van der Waals surface area contributed by atoms with Crippen molar-refractivity contribution in [1.82, 2.24) is 19.8 Å². The third-order valence-electron chi connectivity index (χ3n) is 3.33. The van der Waals surface area contributed by atoms with Gasteiger partial charge in [-0.05, 0) is 33.2 Å². The van der Waals surface area contributed by atoms with E-state index in [1.807, 2.05) is 0 Å². The maximum atomic E-state index is 12.4. The van der Waals surface area contributed by atoms with Crippen molar-refractivity contribution in [2.45, 2.75) is 37.6 Å². The van der Waals surface area contributed by atoms with Crippen molar-refractivity contribution in [3.63, 3.8) is 0 Å². The van der Waals surface area contributed by atoms with E-state index in [1.54, 1.807) is 25.6 Å². The first kappa shape index (κ1) is 16.4. The van der Waals surface area contributed by atoms with E-state index in [9.17, 15) is 8.42 Å². The van der Waals surface area contributed by atoms with Crippen molar-refractivity contribution < 1.29 is 8.42 Å². The molecule has 0 radical (unpaired) electrons. The predicted octanol–water partition coefficient (Wildman–Crippen LogP) is 0.489. The molecule has 0 spiro atoms. The maximum Gasteiger partial charge on any atom is 0.244 e. The van der Waals surface area contributed by atoms with Gasteiger partial charge in [0, 0.05) is 19.6 Å². The molecule has 8 heteroatoms. The quantitative estimate of drug-likeness (QED) is 0.852. The SMILES string of the molecule is Cc1nn(C)c(C)c1S(=O)(=O)N[C@H]1CCCNC1.Cl. The van der Waals surface area contributed by atoms with Crippen molar-refractivity contribution in [3.8, 4) is 0 Å². The Labute approximate surface area is 120 Å². The second kappa shape index (κ2) is 6.21. The molecule has 6 nitrogen and oxygen atoms in total. The van der Waals surface area contributed by atoms with Crippen LogP contribution in [0, 0.1) is 13.8 Å². The molecule has 19 heavy (non-hydrogen) atoms. The predicted molar refractivity (Wildman–Crippen MR) is 76.1 cm³/mol. The molecule has 0 aliphatic carbocycles. The molecule has 0 saturated carbocycles. The fourth-order valence-electron chi connectivity index (χ4n) is 2.37. The number of aromatic nitrogens is 2. The molecular formula is C11H21ClN4O2S. The van der Waals surface area contributed by atoms with E-state index in [1.165, 1.54) is 0 Å². The number of halogens is 1. The van der Waals surface area contributed by atoms with Gasteiger partial charge in [0.05, 0.1) is 11.4 Å². The summed E-state index contributed by atoms with van der Waals surface area (Å²) in [4.78, 5) is 0.315. The number of nitrogens with zero attached hydrogens (tertiary/aromatic N) is 2. The first-order valence-electron chi connectivity index (χ1n) is 6.15. The second-order valence-electron chi connectivity index (χ2n) is 4.79. The molecule has 1 aliphatic heterocycles. The Kier molecular flexibility index (Phi) is 5.37. The summed E-state index contributed by atoms with van der Waals surface area (Å²) in [5.74, 6) is 0. The smallest absolute Gasteiger partial charge is 0.244 e. The number of aryl methyl sites for hydroxylation is 2. The topological polar surface area (TPSA) is 76.0 Å². The monoisotopic (exact) mass is 308 g/mol. The Morgan fingerprint density at radius 3 is 2.58 bits per heavy atom. The van der Waals surface area contributed by atoms with Crippen LogP contribution in [0.15, 0.2) is 4.90 Å². The molecule has 0 aromatic carbocycles. The lowest BCUT2D eigenvalue weighted by atomic mass is 10.1. The van der Waals surface area contributed by atoms with E-state index in [4.69, 9.17) is 0 Å². The molecule has 1 aliphatic rings. The van der Waals surface area contributed by atoms with Gasteiger partial charge >= 0.3 is 0 Å². The molecule has 1 atom stereocenters. The molecule has 2 heterocycles. The van der Waals surface area contributed by atoms with Gasteiger partial charge in [0.25, 0.3) is 0 Å². The van der Waals surface area contributed by atoms with Crippen LogP contribution in [0.4, 0.5) is 0 Å².